The molecule has 0 saturated carbocycles. The number of sulfonamides is 1. The highest BCUT2D eigenvalue weighted by molar-refractivity contribution is 14.1. The molecule has 100 valence electrons. The third kappa shape index (κ3) is 3.27. The lowest BCUT2D eigenvalue weighted by Crippen LogP contribution is -2.25. The van der Waals surface area contributed by atoms with Gasteiger partial charge in [-0.15, -0.1) is 0 Å². The van der Waals surface area contributed by atoms with Gasteiger partial charge in [0.2, 0.25) is 10.0 Å². The summed E-state index contributed by atoms with van der Waals surface area (Å²) in [6, 6.07) is 4.65. The highest BCUT2D eigenvalue weighted by Crippen LogP contribution is 2.32. The van der Waals surface area contributed by atoms with E-state index in [0.717, 1.165) is 10.8 Å². The smallest absolute Gasteiger partial charge is 0.240 e. The molecule has 0 saturated heterocycles. The summed E-state index contributed by atoms with van der Waals surface area (Å²) in [6.07, 6.45) is 0.810. The van der Waals surface area contributed by atoms with Crippen molar-refractivity contribution in [2.24, 2.45) is 0 Å². The first-order chi connectivity index (χ1) is 8.63. The molecule has 0 spiro atoms. The average Bonchev–Trinajstić information content (AvgIpc) is 2.38. The lowest BCUT2D eigenvalue weighted by atomic mass is 10.3. The van der Waals surface area contributed by atoms with Crippen LogP contribution >= 0.6 is 22.6 Å². The number of halogens is 1. The summed E-state index contributed by atoms with van der Waals surface area (Å²) in [4.78, 5) is 0.209. The second-order valence-corrected chi connectivity index (χ2v) is 6.59. The molecule has 0 radical (unpaired) electrons. The van der Waals surface area contributed by atoms with Crippen LogP contribution < -0.4 is 14.2 Å². The first kappa shape index (κ1) is 13.9. The van der Waals surface area contributed by atoms with Crippen LogP contribution in [-0.4, -0.2) is 32.6 Å². The fourth-order valence-corrected chi connectivity index (χ4v) is 3.02. The Morgan fingerprint density at radius 1 is 1.22 bits per heavy atom. The van der Waals surface area contributed by atoms with Gasteiger partial charge in [0.15, 0.2) is 11.5 Å². The van der Waals surface area contributed by atoms with Crippen molar-refractivity contribution in [3.05, 3.63) is 18.2 Å². The number of fused-ring (bicyclic) bond motifs is 1. The zero-order valence-electron chi connectivity index (χ0n) is 9.69. The molecule has 0 bridgehead atoms. The van der Waals surface area contributed by atoms with Gasteiger partial charge in [-0.2, -0.15) is 0 Å². The van der Waals surface area contributed by atoms with E-state index in [-0.39, 0.29) is 4.90 Å². The highest BCUT2D eigenvalue weighted by Gasteiger charge is 2.18. The van der Waals surface area contributed by atoms with Crippen LogP contribution in [0.25, 0.3) is 0 Å². The van der Waals surface area contributed by atoms with Crippen LogP contribution in [0.2, 0.25) is 0 Å². The Morgan fingerprint density at radius 2 is 1.94 bits per heavy atom. The summed E-state index contributed by atoms with van der Waals surface area (Å²) in [5.74, 6) is 1.07. The molecule has 0 aromatic heterocycles. The van der Waals surface area contributed by atoms with Crippen LogP contribution in [-0.2, 0) is 10.0 Å². The molecule has 1 aliphatic heterocycles. The molecule has 7 heteroatoms. The molecular formula is C11H14INO4S. The largest absolute Gasteiger partial charge is 0.486 e. The van der Waals surface area contributed by atoms with Crippen LogP contribution in [0, 0.1) is 0 Å². The second-order valence-electron chi connectivity index (χ2n) is 3.75. The molecule has 18 heavy (non-hydrogen) atoms. The normalized spacial score (nSPS) is 14.5. The molecule has 0 unspecified atom stereocenters. The van der Waals surface area contributed by atoms with Crippen molar-refractivity contribution in [3.8, 4) is 11.5 Å². The predicted octanol–water partition coefficient (Wildman–Crippen LogP) is 1.56. The molecule has 0 aliphatic carbocycles. The van der Waals surface area contributed by atoms with E-state index in [4.69, 9.17) is 9.47 Å². The van der Waals surface area contributed by atoms with E-state index < -0.39 is 10.0 Å². The van der Waals surface area contributed by atoms with E-state index in [1.54, 1.807) is 6.07 Å². The molecule has 1 aromatic rings. The SMILES string of the molecule is O=S(=O)(NCCCI)c1ccc2c(c1)OCCO2. The van der Waals surface area contributed by atoms with Crippen LogP contribution in [0.4, 0.5) is 0 Å². The molecular weight excluding hydrogens is 369 g/mol. The Labute approximate surface area is 120 Å². The zero-order valence-corrected chi connectivity index (χ0v) is 12.7. The van der Waals surface area contributed by atoms with Gasteiger partial charge in [0.05, 0.1) is 4.90 Å². The van der Waals surface area contributed by atoms with Crippen molar-refractivity contribution >= 4 is 32.6 Å². The molecule has 1 aromatic carbocycles. The number of benzene rings is 1. The van der Waals surface area contributed by atoms with Gasteiger partial charge in [0, 0.05) is 17.0 Å². The van der Waals surface area contributed by atoms with Crippen LogP contribution in [0.1, 0.15) is 6.42 Å². The number of nitrogens with one attached hydrogen (secondary N) is 1. The summed E-state index contributed by atoms with van der Waals surface area (Å²) in [6.45, 7) is 1.38. The fraction of sp³-hybridized carbons (Fsp3) is 0.455. The quantitative estimate of drug-likeness (QED) is 0.476. The molecule has 0 atom stereocenters. The van der Waals surface area contributed by atoms with Gasteiger partial charge in [-0.3, -0.25) is 0 Å². The molecule has 2 rings (SSSR count). The number of rotatable bonds is 5. The van der Waals surface area contributed by atoms with Crippen molar-refractivity contribution in [1.82, 2.24) is 4.72 Å². The Morgan fingerprint density at radius 3 is 2.67 bits per heavy atom. The summed E-state index contributed by atoms with van der Waals surface area (Å²) in [7, 11) is -3.45. The van der Waals surface area contributed by atoms with Gasteiger partial charge >= 0.3 is 0 Å². The topological polar surface area (TPSA) is 64.6 Å². The summed E-state index contributed by atoms with van der Waals surface area (Å²) in [5, 5.41) is 0. The number of hydrogen-bond acceptors (Lipinski definition) is 4. The van der Waals surface area contributed by atoms with Crippen LogP contribution in [0.3, 0.4) is 0 Å². The third-order valence-corrected chi connectivity index (χ3v) is 4.65. The second kappa shape index (κ2) is 6.07. The lowest BCUT2D eigenvalue weighted by molar-refractivity contribution is 0.171. The van der Waals surface area contributed by atoms with Crippen LogP contribution in [0.15, 0.2) is 23.1 Å². The minimum absolute atomic E-state index is 0.209. The first-order valence-corrected chi connectivity index (χ1v) is 8.59. The summed E-state index contributed by atoms with van der Waals surface area (Å²) in [5.41, 5.74) is 0. The fourth-order valence-electron chi connectivity index (χ4n) is 1.55. The third-order valence-electron chi connectivity index (χ3n) is 2.43. The van der Waals surface area contributed by atoms with Gasteiger partial charge in [0.1, 0.15) is 13.2 Å². The van der Waals surface area contributed by atoms with Crippen molar-refractivity contribution < 1.29 is 17.9 Å². The minimum atomic E-state index is -3.45. The Balaban J connectivity index is 2.17. The minimum Gasteiger partial charge on any atom is -0.486 e. The van der Waals surface area contributed by atoms with E-state index in [0.29, 0.717) is 31.3 Å². The van der Waals surface area contributed by atoms with E-state index in [1.807, 2.05) is 0 Å². The summed E-state index contributed by atoms with van der Waals surface area (Å²) < 4.78 is 38.2. The molecule has 5 nitrogen and oxygen atoms in total. The maximum Gasteiger partial charge on any atom is 0.240 e. The van der Waals surface area contributed by atoms with Gasteiger partial charge in [-0.1, -0.05) is 22.6 Å². The van der Waals surface area contributed by atoms with E-state index in [2.05, 4.69) is 27.3 Å². The van der Waals surface area contributed by atoms with Crippen molar-refractivity contribution in [2.45, 2.75) is 11.3 Å². The average molecular weight is 383 g/mol. The number of hydrogen-bond donors (Lipinski definition) is 1. The van der Waals surface area contributed by atoms with Gasteiger partial charge in [-0.25, -0.2) is 13.1 Å². The lowest BCUT2D eigenvalue weighted by Gasteiger charge is -2.18. The molecule has 1 aliphatic rings. The highest BCUT2D eigenvalue weighted by atomic mass is 127. The first-order valence-electron chi connectivity index (χ1n) is 5.59. The maximum atomic E-state index is 12.0. The number of alkyl halides is 1. The van der Waals surface area contributed by atoms with Crippen LogP contribution in [0.5, 0.6) is 11.5 Å². The van der Waals surface area contributed by atoms with E-state index in [9.17, 15) is 8.42 Å². The molecule has 1 N–H and O–H groups in total. The standard InChI is InChI=1S/C11H14INO4S/c12-4-1-5-13-18(14,15)9-2-3-10-11(8-9)17-7-6-16-10/h2-3,8,13H,1,4-7H2. The summed E-state index contributed by atoms with van der Waals surface area (Å²) >= 11 is 2.21. The Bertz CT molecular complexity index is 518. The molecule has 1 heterocycles. The molecule has 0 fully saturated rings. The van der Waals surface area contributed by atoms with Crippen molar-refractivity contribution in [2.75, 3.05) is 24.2 Å². The van der Waals surface area contributed by atoms with E-state index >= 15 is 0 Å². The van der Waals surface area contributed by atoms with Crippen molar-refractivity contribution in [1.29, 1.82) is 0 Å². The Hall–Kier alpha value is -0.540. The molecule has 0 amide bonds. The monoisotopic (exact) mass is 383 g/mol. The van der Waals surface area contributed by atoms with Gasteiger partial charge in [-0.05, 0) is 18.6 Å². The van der Waals surface area contributed by atoms with E-state index in [1.165, 1.54) is 12.1 Å². The van der Waals surface area contributed by atoms with Gasteiger partial charge in [0.25, 0.3) is 0 Å². The Kier molecular flexibility index (Phi) is 4.68. The number of ether oxygens (including phenoxy) is 2. The predicted molar refractivity (Wildman–Crippen MR) is 76.1 cm³/mol. The van der Waals surface area contributed by atoms with Gasteiger partial charge < -0.3 is 9.47 Å². The zero-order chi connectivity index (χ0) is 13.0. The van der Waals surface area contributed by atoms with Crippen molar-refractivity contribution in [3.63, 3.8) is 0 Å². The maximum absolute atomic E-state index is 12.0.